The van der Waals surface area contributed by atoms with Gasteiger partial charge in [-0.1, -0.05) is 36.4 Å². The Morgan fingerprint density at radius 2 is 2.00 bits per heavy atom. The average molecular weight is 433 g/mol. The van der Waals surface area contributed by atoms with E-state index in [-0.39, 0.29) is 23.8 Å². The first-order valence-electron chi connectivity index (χ1n) is 10.0. The maximum atomic E-state index is 12.5. The molecule has 0 radical (unpaired) electrons. The van der Waals surface area contributed by atoms with Gasteiger partial charge < -0.3 is 15.4 Å². The second-order valence-electron chi connectivity index (χ2n) is 6.81. The van der Waals surface area contributed by atoms with Crippen molar-refractivity contribution in [3.8, 4) is 11.8 Å². The summed E-state index contributed by atoms with van der Waals surface area (Å²) in [5, 5.41) is 22.6. The molecule has 1 unspecified atom stereocenters. The minimum absolute atomic E-state index is 0.0770. The summed E-state index contributed by atoms with van der Waals surface area (Å²) in [5.41, 5.74) is 2.10. The number of amides is 2. The van der Waals surface area contributed by atoms with Crippen LogP contribution in [0.25, 0.3) is 0 Å². The van der Waals surface area contributed by atoms with Gasteiger partial charge in [-0.15, -0.1) is 5.10 Å². The van der Waals surface area contributed by atoms with Gasteiger partial charge in [-0.2, -0.15) is 5.26 Å². The number of aromatic nitrogens is 4. The molecule has 2 aromatic heterocycles. The van der Waals surface area contributed by atoms with Gasteiger partial charge in [0.1, 0.15) is 11.8 Å². The number of nitrogens with zero attached hydrogens (tertiary/aromatic N) is 5. The fourth-order valence-electron chi connectivity index (χ4n) is 2.95. The zero-order valence-electron chi connectivity index (χ0n) is 17.8. The highest BCUT2D eigenvalue weighted by Crippen LogP contribution is 2.15. The average Bonchev–Trinajstić information content (AvgIpc) is 3.31. The number of hydrogen-bond acceptors (Lipinski definition) is 7. The van der Waals surface area contributed by atoms with Crippen molar-refractivity contribution < 1.29 is 14.3 Å². The van der Waals surface area contributed by atoms with E-state index in [0.29, 0.717) is 17.9 Å². The zero-order chi connectivity index (χ0) is 22.9. The quantitative estimate of drug-likeness (QED) is 0.524. The molecule has 0 aliphatic heterocycles. The van der Waals surface area contributed by atoms with Crippen LogP contribution < -0.4 is 15.4 Å². The summed E-state index contributed by atoms with van der Waals surface area (Å²) < 4.78 is 6.56. The van der Waals surface area contributed by atoms with E-state index in [2.05, 4.69) is 32.0 Å². The van der Waals surface area contributed by atoms with E-state index < -0.39 is 11.9 Å². The van der Waals surface area contributed by atoms with Crippen molar-refractivity contribution in [2.45, 2.75) is 25.9 Å². The molecular formula is C22H23N7O3. The smallest absolute Gasteiger partial charge is 0.274 e. The molecule has 1 atom stereocenters. The molecule has 32 heavy (non-hydrogen) atoms. The topological polar surface area (TPSA) is 135 Å². The summed E-state index contributed by atoms with van der Waals surface area (Å²) in [7, 11) is 1.47. The molecule has 0 bridgehead atoms. The Labute approximate surface area is 185 Å². The lowest BCUT2D eigenvalue weighted by Gasteiger charge is -2.11. The van der Waals surface area contributed by atoms with Crippen LogP contribution in [0.4, 0.5) is 0 Å². The number of aryl methyl sites for hydroxylation is 1. The molecule has 0 saturated heterocycles. The summed E-state index contributed by atoms with van der Waals surface area (Å²) >= 11 is 0. The largest absolute Gasteiger partial charge is 0.494 e. The minimum Gasteiger partial charge on any atom is -0.494 e. The summed E-state index contributed by atoms with van der Waals surface area (Å²) in [6.45, 7) is 2.58. The molecule has 2 N–H and O–H groups in total. The van der Waals surface area contributed by atoms with Crippen LogP contribution in [0.5, 0.6) is 5.75 Å². The molecule has 3 rings (SSSR count). The van der Waals surface area contributed by atoms with Gasteiger partial charge in [-0.3, -0.25) is 9.59 Å². The summed E-state index contributed by atoms with van der Waals surface area (Å²) in [5.74, 6) is -0.516. The second-order valence-corrected chi connectivity index (χ2v) is 6.81. The van der Waals surface area contributed by atoms with Crippen LogP contribution in [0, 0.1) is 11.3 Å². The Kier molecular flexibility index (Phi) is 7.48. The zero-order valence-corrected chi connectivity index (χ0v) is 17.8. The fourth-order valence-corrected chi connectivity index (χ4v) is 2.95. The Morgan fingerprint density at radius 3 is 2.69 bits per heavy atom. The highest BCUT2D eigenvalue weighted by molar-refractivity contribution is 5.94. The van der Waals surface area contributed by atoms with Crippen LogP contribution in [0.3, 0.4) is 0 Å². The minimum atomic E-state index is -0.800. The number of carbonyl (C=O) groups excluding carboxylic acids is 2. The summed E-state index contributed by atoms with van der Waals surface area (Å²) in [6, 6.07) is 12.1. The summed E-state index contributed by atoms with van der Waals surface area (Å²) in [4.78, 5) is 28.8. The van der Waals surface area contributed by atoms with Gasteiger partial charge in [0.05, 0.1) is 25.9 Å². The van der Waals surface area contributed by atoms with Gasteiger partial charge in [-0.25, -0.2) is 9.67 Å². The molecule has 0 spiro atoms. The van der Waals surface area contributed by atoms with E-state index in [9.17, 15) is 14.9 Å². The van der Waals surface area contributed by atoms with Crippen molar-refractivity contribution in [2.24, 2.45) is 0 Å². The fraction of sp³-hybridized carbons (Fsp3) is 0.273. The van der Waals surface area contributed by atoms with Gasteiger partial charge >= 0.3 is 0 Å². The van der Waals surface area contributed by atoms with Crippen molar-refractivity contribution in [1.29, 1.82) is 5.26 Å². The Balaban J connectivity index is 1.54. The predicted octanol–water partition coefficient (Wildman–Crippen LogP) is 1.67. The third kappa shape index (κ3) is 5.46. The Hall–Kier alpha value is -4.26. The monoisotopic (exact) mass is 433 g/mol. The molecule has 1 aromatic carbocycles. The number of benzene rings is 1. The lowest BCUT2D eigenvalue weighted by molar-refractivity contribution is 0.0932. The SMILES string of the molecule is CCc1ccc(C(C#N)NC(=O)c2cn(CCNC(=O)c3ncccc3OC)nn2)cc1. The van der Waals surface area contributed by atoms with Gasteiger partial charge in [-0.05, 0) is 29.7 Å². The van der Waals surface area contributed by atoms with E-state index in [1.807, 2.05) is 31.2 Å². The molecule has 0 saturated carbocycles. The number of nitrogens with one attached hydrogen (secondary N) is 2. The molecule has 0 aliphatic rings. The van der Waals surface area contributed by atoms with Crippen LogP contribution in [-0.4, -0.2) is 45.4 Å². The normalized spacial score (nSPS) is 11.3. The number of hydrogen-bond donors (Lipinski definition) is 2. The summed E-state index contributed by atoms with van der Waals surface area (Å²) in [6.07, 6.45) is 3.85. The van der Waals surface area contributed by atoms with E-state index in [1.54, 1.807) is 12.1 Å². The number of pyridine rings is 1. The Bertz CT molecular complexity index is 1120. The molecule has 0 aliphatic carbocycles. The molecule has 2 heterocycles. The van der Waals surface area contributed by atoms with Gasteiger partial charge in [0.25, 0.3) is 11.8 Å². The maximum Gasteiger partial charge on any atom is 0.274 e. The molecule has 0 fully saturated rings. The van der Waals surface area contributed by atoms with Crippen LogP contribution >= 0.6 is 0 Å². The molecule has 10 heteroatoms. The third-order valence-electron chi connectivity index (χ3n) is 4.73. The van der Waals surface area contributed by atoms with E-state index >= 15 is 0 Å². The molecule has 164 valence electrons. The van der Waals surface area contributed by atoms with Crippen LogP contribution in [0.2, 0.25) is 0 Å². The first-order chi connectivity index (χ1) is 15.5. The lowest BCUT2D eigenvalue weighted by Crippen LogP contribution is -2.28. The highest BCUT2D eigenvalue weighted by Gasteiger charge is 2.18. The number of methoxy groups -OCH3 is 1. The van der Waals surface area contributed by atoms with Crippen molar-refractivity contribution in [3.05, 3.63) is 71.3 Å². The van der Waals surface area contributed by atoms with Crippen LogP contribution in [0.15, 0.2) is 48.8 Å². The van der Waals surface area contributed by atoms with Crippen molar-refractivity contribution in [1.82, 2.24) is 30.6 Å². The van der Waals surface area contributed by atoms with E-state index in [4.69, 9.17) is 4.74 Å². The molecule has 3 aromatic rings. The lowest BCUT2D eigenvalue weighted by atomic mass is 10.0. The van der Waals surface area contributed by atoms with Crippen molar-refractivity contribution in [2.75, 3.05) is 13.7 Å². The van der Waals surface area contributed by atoms with Gasteiger partial charge in [0.2, 0.25) is 0 Å². The predicted molar refractivity (Wildman–Crippen MR) is 115 cm³/mol. The first-order valence-corrected chi connectivity index (χ1v) is 10.0. The number of carbonyl (C=O) groups is 2. The second kappa shape index (κ2) is 10.7. The van der Waals surface area contributed by atoms with Crippen molar-refractivity contribution in [3.63, 3.8) is 0 Å². The number of nitriles is 1. The molecule has 10 nitrogen and oxygen atoms in total. The van der Waals surface area contributed by atoms with Crippen LogP contribution in [0.1, 0.15) is 45.1 Å². The van der Waals surface area contributed by atoms with E-state index in [1.165, 1.54) is 24.2 Å². The number of ether oxygens (including phenoxy) is 1. The van der Waals surface area contributed by atoms with Crippen LogP contribution in [-0.2, 0) is 13.0 Å². The van der Waals surface area contributed by atoms with Gasteiger partial charge in [0, 0.05) is 12.7 Å². The van der Waals surface area contributed by atoms with Crippen molar-refractivity contribution >= 4 is 11.8 Å². The first kappa shape index (κ1) is 22.4. The maximum absolute atomic E-state index is 12.5. The highest BCUT2D eigenvalue weighted by atomic mass is 16.5. The third-order valence-corrected chi connectivity index (χ3v) is 4.73. The molecular weight excluding hydrogens is 410 g/mol. The number of rotatable bonds is 9. The van der Waals surface area contributed by atoms with Gasteiger partial charge in [0.15, 0.2) is 11.4 Å². The Morgan fingerprint density at radius 1 is 1.22 bits per heavy atom. The van der Waals surface area contributed by atoms with E-state index in [0.717, 1.165) is 12.0 Å². The standard InChI is InChI=1S/C22H23N7O3/c1-3-15-6-8-16(9-7-15)17(13-23)26-21(30)18-14-29(28-27-18)12-11-25-22(31)20-19(32-2)5-4-10-24-20/h4-10,14,17H,3,11-12H2,1-2H3,(H,25,31)(H,26,30). The molecule has 2 amide bonds.